The molecule has 0 aromatic carbocycles. The normalized spacial score (nSPS) is 22.4. The summed E-state index contributed by atoms with van der Waals surface area (Å²) in [6, 6.07) is 0. The third kappa shape index (κ3) is 2.03. The van der Waals surface area contributed by atoms with Gasteiger partial charge in [0.25, 0.3) is 0 Å². The Morgan fingerprint density at radius 3 is 3.23 bits per heavy atom. The summed E-state index contributed by atoms with van der Waals surface area (Å²) in [4.78, 5) is 4.23. The van der Waals surface area contributed by atoms with E-state index in [0.29, 0.717) is 18.2 Å². The minimum atomic E-state index is 0.0705. The van der Waals surface area contributed by atoms with E-state index in [1.54, 1.807) is 0 Å². The number of aliphatic hydroxyl groups is 1. The third-order valence-electron chi connectivity index (χ3n) is 2.10. The maximum absolute atomic E-state index is 8.66. The van der Waals surface area contributed by atoms with Gasteiger partial charge in [-0.1, -0.05) is 5.16 Å². The molecule has 2 heterocycles. The summed E-state index contributed by atoms with van der Waals surface area (Å²) in [7, 11) is 0. The Morgan fingerprint density at radius 1 is 1.62 bits per heavy atom. The first kappa shape index (κ1) is 9.02. The van der Waals surface area contributed by atoms with Crippen LogP contribution in [-0.4, -0.2) is 33.4 Å². The Labute approximate surface area is 80.7 Å². The molecule has 1 aromatic heterocycles. The van der Waals surface area contributed by atoms with Gasteiger partial charge in [-0.25, -0.2) is 0 Å². The van der Waals surface area contributed by atoms with Crippen LogP contribution in [0, 0.1) is 0 Å². The van der Waals surface area contributed by atoms with Gasteiger partial charge in [-0.15, -0.1) is 0 Å². The molecule has 1 aliphatic rings. The molecule has 13 heavy (non-hydrogen) atoms. The molecule has 5 heteroatoms. The van der Waals surface area contributed by atoms with Crippen LogP contribution >= 0.6 is 11.8 Å². The summed E-state index contributed by atoms with van der Waals surface area (Å²) in [6.07, 6.45) is 1.61. The van der Waals surface area contributed by atoms with Gasteiger partial charge in [0.2, 0.25) is 5.89 Å². The molecule has 1 fully saturated rings. The van der Waals surface area contributed by atoms with Crippen molar-refractivity contribution in [1.82, 2.24) is 10.1 Å². The highest BCUT2D eigenvalue weighted by atomic mass is 32.2. The first-order chi connectivity index (χ1) is 6.40. The number of rotatable bonds is 3. The minimum Gasteiger partial charge on any atom is -0.396 e. The summed E-state index contributed by atoms with van der Waals surface area (Å²) in [6.45, 7) is 0.0705. The van der Waals surface area contributed by atoms with Gasteiger partial charge in [-0.2, -0.15) is 16.7 Å². The molecule has 4 nitrogen and oxygen atoms in total. The Bertz CT molecular complexity index is 271. The van der Waals surface area contributed by atoms with Gasteiger partial charge in [0.05, 0.1) is 13.0 Å². The second kappa shape index (κ2) is 4.11. The number of aromatic nitrogens is 2. The van der Waals surface area contributed by atoms with Crippen molar-refractivity contribution < 1.29 is 9.63 Å². The molecule has 0 saturated carbocycles. The van der Waals surface area contributed by atoms with E-state index in [1.807, 2.05) is 11.8 Å². The molecule has 72 valence electrons. The molecule has 0 amide bonds. The van der Waals surface area contributed by atoms with Crippen molar-refractivity contribution in [2.75, 3.05) is 18.1 Å². The lowest BCUT2D eigenvalue weighted by molar-refractivity contribution is 0.273. The van der Waals surface area contributed by atoms with E-state index >= 15 is 0 Å². The zero-order valence-corrected chi connectivity index (χ0v) is 8.09. The van der Waals surface area contributed by atoms with Crippen LogP contribution in [0.5, 0.6) is 0 Å². The molecular formula is C8H12N2O2S. The molecule has 0 spiro atoms. The van der Waals surface area contributed by atoms with E-state index in [9.17, 15) is 0 Å². The van der Waals surface area contributed by atoms with E-state index in [-0.39, 0.29) is 6.61 Å². The molecule has 0 bridgehead atoms. The lowest BCUT2D eigenvalue weighted by Gasteiger charge is -1.98. The maximum Gasteiger partial charge on any atom is 0.228 e. The smallest absolute Gasteiger partial charge is 0.228 e. The molecule has 1 unspecified atom stereocenters. The Balaban J connectivity index is 2.03. The minimum absolute atomic E-state index is 0.0705. The van der Waals surface area contributed by atoms with Crippen LogP contribution in [0.15, 0.2) is 4.52 Å². The number of nitrogens with zero attached hydrogens (tertiary/aromatic N) is 2. The predicted molar refractivity (Wildman–Crippen MR) is 49.8 cm³/mol. The van der Waals surface area contributed by atoms with Gasteiger partial charge in [0.1, 0.15) is 0 Å². The standard InChI is InChI=1S/C8H12N2O2S/c11-3-1-7-9-8(10-12-7)6-2-4-13-5-6/h6,11H,1-5H2. The van der Waals surface area contributed by atoms with E-state index in [0.717, 1.165) is 18.0 Å². The van der Waals surface area contributed by atoms with Crippen molar-refractivity contribution in [1.29, 1.82) is 0 Å². The average molecular weight is 200 g/mol. The highest BCUT2D eigenvalue weighted by Gasteiger charge is 2.22. The van der Waals surface area contributed by atoms with Crippen LogP contribution in [0.4, 0.5) is 0 Å². The van der Waals surface area contributed by atoms with Crippen molar-refractivity contribution in [3.05, 3.63) is 11.7 Å². The lowest BCUT2D eigenvalue weighted by atomic mass is 10.1. The van der Waals surface area contributed by atoms with Crippen molar-refractivity contribution in [2.24, 2.45) is 0 Å². The summed E-state index contributed by atoms with van der Waals surface area (Å²) in [5.41, 5.74) is 0. The predicted octanol–water partition coefficient (Wildman–Crippen LogP) is 0.825. The molecule has 2 rings (SSSR count). The topological polar surface area (TPSA) is 59.2 Å². The zero-order valence-electron chi connectivity index (χ0n) is 7.27. The van der Waals surface area contributed by atoms with Crippen LogP contribution in [0.25, 0.3) is 0 Å². The monoisotopic (exact) mass is 200 g/mol. The van der Waals surface area contributed by atoms with Crippen molar-refractivity contribution in [3.63, 3.8) is 0 Å². The molecule has 0 aliphatic carbocycles. The molecule has 1 aromatic rings. The zero-order chi connectivity index (χ0) is 9.10. The van der Waals surface area contributed by atoms with Gasteiger partial charge < -0.3 is 9.63 Å². The van der Waals surface area contributed by atoms with Crippen LogP contribution in [0.1, 0.15) is 24.1 Å². The highest BCUT2D eigenvalue weighted by molar-refractivity contribution is 7.99. The van der Waals surface area contributed by atoms with Crippen LogP contribution in [-0.2, 0) is 6.42 Å². The third-order valence-corrected chi connectivity index (χ3v) is 3.27. The summed E-state index contributed by atoms with van der Waals surface area (Å²) in [5.74, 6) is 4.11. The number of thioether (sulfide) groups is 1. The number of hydrogen-bond donors (Lipinski definition) is 1. The number of hydrogen-bond acceptors (Lipinski definition) is 5. The van der Waals surface area contributed by atoms with E-state index < -0.39 is 0 Å². The van der Waals surface area contributed by atoms with Crippen molar-refractivity contribution in [2.45, 2.75) is 18.8 Å². The summed E-state index contributed by atoms with van der Waals surface area (Å²) < 4.78 is 4.99. The SMILES string of the molecule is OCCc1nc(C2CCSC2)no1. The van der Waals surface area contributed by atoms with Crippen molar-refractivity contribution >= 4 is 11.8 Å². The number of aliphatic hydroxyl groups excluding tert-OH is 1. The van der Waals surface area contributed by atoms with Crippen LogP contribution in [0.2, 0.25) is 0 Å². The fraction of sp³-hybridized carbons (Fsp3) is 0.750. The lowest BCUT2D eigenvalue weighted by Crippen LogP contribution is -1.99. The first-order valence-electron chi connectivity index (χ1n) is 4.41. The fourth-order valence-corrected chi connectivity index (χ4v) is 2.59. The summed E-state index contributed by atoms with van der Waals surface area (Å²) >= 11 is 1.93. The van der Waals surface area contributed by atoms with Crippen molar-refractivity contribution in [3.8, 4) is 0 Å². The van der Waals surface area contributed by atoms with Gasteiger partial charge >= 0.3 is 0 Å². The second-order valence-corrected chi connectivity index (χ2v) is 4.23. The van der Waals surface area contributed by atoms with E-state index in [2.05, 4.69) is 10.1 Å². The summed E-state index contributed by atoms with van der Waals surface area (Å²) in [5, 5.41) is 12.6. The van der Waals surface area contributed by atoms with Gasteiger partial charge in [-0.3, -0.25) is 0 Å². The molecular weight excluding hydrogens is 188 g/mol. The van der Waals surface area contributed by atoms with Gasteiger partial charge in [-0.05, 0) is 12.2 Å². The molecule has 1 N–H and O–H groups in total. The quantitative estimate of drug-likeness (QED) is 0.783. The molecule has 1 atom stereocenters. The van der Waals surface area contributed by atoms with E-state index in [4.69, 9.17) is 9.63 Å². The molecule has 1 saturated heterocycles. The Kier molecular flexibility index (Phi) is 2.85. The van der Waals surface area contributed by atoms with Gasteiger partial charge in [0, 0.05) is 11.7 Å². The van der Waals surface area contributed by atoms with E-state index in [1.165, 1.54) is 5.75 Å². The van der Waals surface area contributed by atoms with Crippen LogP contribution in [0.3, 0.4) is 0 Å². The highest BCUT2D eigenvalue weighted by Crippen LogP contribution is 2.30. The van der Waals surface area contributed by atoms with Gasteiger partial charge in [0.15, 0.2) is 5.82 Å². The molecule has 1 aliphatic heterocycles. The second-order valence-electron chi connectivity index (χ2n) is 3.08. The fourth-order valence-electron chi connectivity index (χ4n) is 1.37. The Morgan fingerprint density at radius 2 is 2.54 bits per heavy atom. The largest absolute Gasteiger partial charge is 0.396 e. The first-order valence-corrected chi connectivity index (χ1v) is 5.56. The average Bonchev–Trinajstić information content (AvgIpc) is 2.70. The molecule has 0 radical (unpaired) electrons. The maximum atomic E-state index is 8.66. The Hall–Kier alpha value is -0.550. The van der Waals surface area contributed by atoms with Crippen LogP contribution < -0.4 is 0 Å².